The van der Waals surface area contributed by atoms with Crippen LogP contribution in [0.3, 0.4) is 0 Å². The van der Waals surface area contributed by atoms with Gasteiger partial charge in [0.2, 0.25) is 0 Å². The van der Waals surface area contributed by atoms with Crippen molar-refractivity contribution in [3.63, 3.8) is 0 Å². The Balaban J connectivity index is 2.32. The van der Waals surface area contributed by atoms with Gasteiger partial charge in [-0.2, -0.15) is 0 Å². The fourth-order valence-corrected chi connectivity index (χ4v) is 2.68. The number of rotatable bonds is 2. The molecule has 0 saturated carbocycles. The average Bonchev–Trinajstić information content (AvgIpc) is 2.86. The molecular weight excluding hydrogens is 244 g/mol. The third-order valence-electron chi connectivity index (χ3n) is 3.54. The summed E-state index contributed by atoms with van der Waals surface area (Å²) >= 11 is 0. The second-order valence-electron chi connectivity index (χ2n) is 5.21. The van der Waals surface area contributed by atoms with E-state index in [1.165, 1.54) is 16.8 Å². The maximum atomic E-state index is 7.15. The lowest BCUT2D eigenvalue weighted by atomic mass is 10.1. The lowest BCUT2D eigenvalue weighted by molar-refractivity contribution is 0.629. The van der Waals surface area contributed by atoms with Crippen LogP contribution in [0.2, 0.25) is 0 Å². The summed E-state index contributed by atoms with van der Waals surface area (Å²) in [6, 6.07) is 18.9. The summed E-state index contributed by atoms with van der Waals surface area (Å²) in [6.45, 7) is 11.5. The zero-order valence-corrected chi connectivity index (χ0v) is 11.7. The molecule has 1 aromatic heterocycles. The van der Waals surface area contributed by atoms with Gasteiger partial charge in [-0.25, -0.2) is 4.85 Å². The van der Waals surface area contributed by atoms with Gasteiger partial charge in [-0.15, -0.1) is 0 Å². The first-order valence-electron chi connectivity index (χ1n) is 6.78. The Morgan fingerprint density at radius 2 is 1.75 bits per heavy atom. The Morgan fingerprint density at radius 3 is 2.40 bits per heavy atom. The molecule has 0 N–H and O–H groups in total. The Kier molecular flexibility index (Phi) is 3.04. The molecule has 0 saturated heterocycles. The Bertz CT molecular complexity index is 789. The highest BCUT2D eigenvalue weighted by Crippen LogP contribution is 2.33. The lowest BCUT2D eigenvalue weighted by Crippen LogP contribution is -2.02. The molecular formula is C18H16N2. The van der Waals surface area contributed by atoms with Gasteiger partial charge in [-0.05, 0) is 43.0 Å². The van der Waals surface area contributed by atoms with Crippen molar-refractivity contribution < 1.29 is 0 Å². The minimum atomic E-state index is 0.376. The highest BCUT2D eigenvalue weighted by atomic mass is 15.0. The van der Waals surface area contributed by atoms with Crippen molar-refractivity contribution in [2.24, 2.45) is 0 Å². The molecule has 3 rings (SSSR count). The second kappa shape index (κ2) is 4.86. The monoisotopic (exact) mass is 260 g/mol. The fourth-order valence-electron chi connectivity index (χ4n) is 2.68. The summed E-state index contributed by atoms with van der Waals surface area (Å²) in [7, 11) is 0. The summed E-state index contributed by atoms with van der Waals surface area (Å²) < 4.78 is 2.33. The van der Waals surface area contributed by atoms with Crippen molar-refractivity contribution in [1.82, 2.24) is 4.57 Å². The van der Waals surface area contributed by atoms with Gasteiger partial charge in [-0.3, -0.25) is 0 Å². The van der Waals surface area contributed by atoms with Gasteiger partial charge in [0, 0.05) is 17.3 Å². The van der Waals surface area contributed by atoms with Gasteiger partial charge >= 0.3 is 0 Å². The Labute approximate surface area is 119 Å². The molecule has 2 aromatic carbocycles. The summed E-state index contributed by atoms with van der Waals surface area (Å²) in [5.74, 6) is 0. The first-order chi connectivity index (χ1) is 9.70. The van der Waals surface area contributed by atoms with Gasteiger partial charge in [0.15, 0.2) is 5.69 Å². The van der Waals surface area contributed by atoms with Crippen LogP contribution in [0, 0.1) is 6.57 Å². The van der Waals surface area contributed by atoms with Crippen molar-refractivity contribution in [3.8, 4) is 11.3 Å². The van der Waals surface area contributed by atoms with Crippen LogP contribution in [0.25, 0.3) is 27.0 Å². The largest absolute Gasteiger partial charge is 0.338 e. The van der Waals surface area contributed by atoms with Gasteiger partial charge in [0.05, 0.1) is 6.57 Å². The van der Waals surface area contributed by atoms with Gasteiger partial charge < -0.3 is 4.57 Å². The van der Waals surface area contributed by atoms with Crippen LogP contribution in [0.1, 0.15) is 19.9 Å². The van der Waals surface area contributed by atoms with Crippen LogP contribution in [-0.4, -0.2) is 4.57 Å². The molecule has 0 spiro atoms. The number of nitrogens with zero attached hydrogens (tertiary/aromatic N) is 2. The van der Waals surface area contributed by atoms with E-state index in [0.717, 1.165) is 5.39 Å². The molecule has 0 aliphatic rings. The van der Waals surface area contributed by atoms with E-state index < -0.39 is 0 Å². The standard InChI is InChI=1S/C18H16N2/c1-13(2)20-17-10-9-16(19-3)11-15(17)12-18(20)14-7-5-4-6-8-14/h4-13H,1-2H3. The molecule has 0 radical (unpaired) electrons. The smallest absolute Gasteiger partial charge is 0.187 e. The maximum Gasteiger partial charge on any atom is 0.187 e. The molecule has 3 aromatic rings. The van der Waals surface area contributed by atoms with E-state index in [-0.39, 0.29) is 0 Å². The number of fused-ring (bicyclic) bond motifs is 1. The van der Waals surface area contributed by atoms with Crippen LogP contribution in [0.4, 0.5) is 5.69 Å². The van der Waals surface area contributed by atoms with Crippen molar-refractivity contribution in [3.05, 3.63) is 66.0 Å². The predicted molar refractivity (Wildman–Crippen MR) is 84.0 cm³/mol. The van der Waals surface area contributed by atoms with E-state index in [1.54, 1.807) is 0 Å². The van der Waals surface area contributed by atoms with Gasteiger partial charge in [-0.1, -0.05) is 36.4 Å². The summed E-state index contributed by atoms with van der Waals surface area (Å²) in [5, 5.41) is 1.13. The molecule has 0 aliphatic heterocycles. The second-order valence-corrected chi connectivity index (χ2v) is 5.21. The Morgan fingerprint density at radius 1 is 1.00 bits per heavy atom. The number of aromatic nitrogens is 1. The van der Waals surface area contributed by atoms with Gasteiger partial charge in [0.25, 0.3) is 0 Å². The molecule has 2 nitrogen and oxygen atoms in total. The number of hydrogen-bond acceptors (Lipinski definition) is 0. The molecule has 0 unspecified atom stereocenters. The third-order valence-corrected chi connectivity index (χ3v) is 3.54. The Hall–Kier alpha value is -2.53. The van der Waals surface area contributed by atoms with Crippen molar-refractivity contribution in [2.75, 3.05) is 0 Å². The first kappa shape index (κ1) is 12.5. The predicted octanol–water partition coefficient (Wildman–Crippen LogP) is 5.44. The first-order valence-corrected chi connectivity index (χ1v) is 6.78. The molecule has 0 bridgehead atoms. The van der Waals surface area contributed by atoms with Crippen LogP contribution in [0.5, 0.6) is 0 Å². The molecule has 0 fully saturated rings. The highest BCUT2D eigenvalue weighted by Gasteiger charge is 2.13. The molecule has 0 atom stereocenters. The summed E-state index contributed by atoms with van der Waals surface area (Å²) in [5.41, 5.74) is 4.30. The van der Waals surface area contributed by atoms with E-state index in [4.69, 9.17) is 6.57 Å². The minimum absolute atomic E-state index is 0.376. The zero-order valence-electron chi connectivity index (χ0n) is 11.7. The van der Waals surface area contributed by atoms with E-state index in [1.807, 2.05) is 18.2 Å². The zero-order chi connectivity index (χ0) is 14.1. The maximum absolute atomic E-state index is 7.15. The van der Waals surface area contributed by atoms with Crippen molar-refractivity contribution in [1.29, 1.82) is 0 Å². The fraction of sp³-hybridized carbons (Fsp3) is 0.167. The molecule has 0 aliphatic carbocycles. The summed E-state index contributed by atoms with van der Waals surface area (Å²) in [6.07, 6.45) is 0. The van der Waals surface area contributed by atoms with E-state index in [2.05, 4.69) is 59.7 Å². The summed E-state index contributed by atoms with van der Waals surface area (Å²) in [4.78, 5) is 3.52. The number of benzene rings is 2. The van der Waals surface area contributed by atoms with E-state index >= 15 is 0 Å². The average molecular weight is 260 g/mol. The third kappa shape index (κ3) is 1.98. The highest BCUT2D eigenvalue weighted by molar-refractivity contribution is 5.89. The minimum Gasteiger partial charge on any atom is -0.338 e. The van der Waals surface area contributed by atoms with E-state index in [0.29, 0.717) is 11.7 Å². The topological polar surface area (TPSA) is 9.29 Å². The van der Waals surface area contributed by atoms with Crippen LogP contribution < -0.4 is 0 Å². The molecule has 98 valence electrons. The van der Waals surface area contributed by atoms with Crippen molar-refractivity contribution in [2.45, 2.75) is 19.9 Å². The van der Waals surface area contributed by atoms with Crippen LogP contribution in [-0.2, 0) is 0 Å². The molecule has 20 heavy (non-hydrogen) atoms. The quantitative estimate of drug-likeness (QED) is 0.543. The van der Waals surface area contributed by atoms with E-state index in [9.17, 15) is 0 Å². The SMILES string of the molecule is [C-]#[N+]c1ccc2c(c1)cc(-c1ccccc1)n2C(C)C. The molecule has 2 heteroatoms. The normalized spacial score (nSPS) is 10.9. The molecule has 1 heterocycles. The van der Waals surface area contributed by atoms with Gasteiger partial charge in [0.1, 0.15) is 0 Å². The van der Waals surface area contributed by atoms with Crippen molar-refractivity contribution >= 4 is 16.6 Å². The lowest BCUT2D eigenvalue weighted by Gasteiger charge is -2.15. The van der Waals surface area contributed by atoms with Crippen LogP contribution in [0.15, 0.2) is 54.6 Å². The van der Waals surface area contributed by atoms with Crippen LogP contribution >= 0.6 is 0 Å². The number of hydrogen-bond donors (Lipinski definition) is 0. The molecule has 0 amide bonds.